The first-order valence-electron chi connectivity index (χ1n) is 6.27. The van der Waals surface area contributed by atoms with Crippen molar-refractivity contribution in [2.45, 2.75) is 24.7 Å². The highest BCUT2D eigenvalue weighted by Gasteiger charge is 2.14. The van der Waals surface area contributed by atoms with Crippen LogP contribution in [0.15, 0.2) is 57.9 Å². The second kappa shape index (κ2) is 5.97. The van der Waals surface area contributed by atoms with Crippen LogP contribution in [0.25, 0.3) is 0 Å². The number of hydrogen-bond acceptors (Lipinski definition) is 2. The topological polar surface area (TPSA) is 46.2 Å². The fourth-order valence-electron chi connectivity index (χ4n) is 1.81. The molecule has 0 atom stereocenters. The van der Waals surface area contributed by atoms with Crippen LogP contribution in [0.3, 0.4) is 0 Å². The number of benzene rings is 2. The molecular weight excluding hydrogens is 338 g/mol. The minimum absolute atomic E-state index is 0.238. The number of halogens is 1. The summed E-state index contributed by atoms with van der Waals surface area (Å²) in [5.74, 6) is 0.352. The molecule has 0 aromatic heterocycles. The molecule has 0 spiro atoms. The molecular formula is C15H16BrNO2S. The third-order valence-electron chi connectivity index (χ3n) is 2.91. The predicted molar refractivity (Wildman–Crippen MR) is 85.5 cm³/mol. The fraction of sp³-hybridized carbons (Fsp3) is 0.200. The molecule has 106 valence electrons. The van der Waals surface area contributed by atoms with Gasteiger partial charge in [0.15, 0.2) is 0 Å². The Kier molecular flexibility index (Phi) is 4.50. The molecule has 0 amide bonds. The van der Waals surface area contributed by atoms with Crippen molar-refractivity contribution in [2.24, 2.45) is 0 Å². The average Bonchev–Trinajstić information content (AvgIpc) is 2.38. The van der Waals surface area contributed by atoms with Gasteiger partial charge in [-0.15, -0.1) is 0 Å². The van der Waals surface area contributed by atoms with Crippen LogP contribution in [0, 0.1) is 0 Å². The number of sulfonamides is 1. The highest BCUT2D eigenvalue weighted by Crippen LogP contribution is 2.22. The van der Waals surface area contributed by atoms with Crippen LogP contribution in [0.2, 0.25) is 0 Å². The standard InChI is InChI=1S/C15H16BrNO2S/c1-11(2)12-5-3-7-14(9-12)17-20(18,19)15-8-4-6-13(16)10-15/h3-11,17H,1-2H3. The lowest BCUT2D eigenvalue weighted by Crippen LogP contribution is -2.13. The maximum atomic E-state index is 12.3. The Hall–Kier alpha value is -1.33. The molecule has 0 aliphatic rings. The molecule has 0 aliphatic carbocycles. The Morgan fingerprint density at radius 3 is 2.40 bits per heavy atom. The molecule has 0 radical (unpaired) electrons. The van der Waals surface area contributed by atoms with Gasteiger partial charge >= 0.3 is 0 Å². The Balaban J connectivity index is 2.31. The number of hydrogen-bond donors (Lipinski definition) is 1. The zero-order valence-electron chi connectivity index (χ0n) is 11.3. The number of nitrogens with one attached hydrogen (secondary N) is 1. The molecule has 0 fully saturated rings. The highest BCUT2D eigenvalue weighted by molar-refractivity contribution is 9.10. The quantitative estimate of drug-likeness (QED) is 0.886. The summed E-state index contributed by atoms with van der Waals surface area (Å²) in [6.45, 7) is 4.14. The van der Waals surface area contributed by atoms with E-state index in [0.29, 0.717) is 11.6 Å². The maximum Gasteiger partial charge on any atom is 0.261 e. The number of anilines is 1. The SMILES string of the molecule is CC(C)c1cccc(NS(=O)(=O)c2cccc(Br)c2)c1. The normalized spacial score (nSPS) is 11.6. The van der Waals surface area contributed by atoms with E-state index in [9.17, 15) is 8.42 Å². The summed E-state index contributed by atoms with van der Waals surface area (Å²) in [6, 6.07) is 14.1. The lowest BCUT2D eigenvalue weighted by atomic mass is 10.0. The summed E-state index contributed by atoms with van der Waals surface area (Å²) in [6.07, 6.45) is 0. The van der Waals surface area contributed by atoms with Crippen molar-refractivity contribution < 1.29 is 8.42 Å². The van der Waals surface area contributed by atoms with Gasteiger partial charge in [-0.25, -0.2) is 8.42 Å². The Morgan fingerprint density at radius 1 is 1.05 bits per heavy atom. The van der Waals surface area contributed by atoms with Gasteiger partial charge in [0.25, 0.3) is 10.0 Å². The Labute approximate surface area is 128 Å². The van der Waals surface area contributed by atoms with Gasteiger partial charge < -0.3 is 0 Å². The second-order valence-electron chi connectivity index (χ2n) is 4.84. The molecule has 5 heteroatoms. The summed E-state index contributed by atoms with van der Waals surface area (Å²) >= 11 is 3.28. The molecule has 2 rings (SSSR count). The second-order valence-corrected chi connectivity index (χ2v) is 7.44. The maximum absolute atomic E-state index is 12.3. The van der Waals surface area contributed by atoms with Crippen molar-refractivity contribution in [3.63, 3.8) is 0 Å². The lowest BCUT2D eigenvalue weighted by molar-refractivity contribution is 0.601. The van der Waals surface area contributed by atoms with Crippen LogP contribution in [0.5, 0.6) is 0 Å². The fourth-order valence-corrected chi connectivity index (χ4v) is 3.46. The first kappa shape index (κ1) is 15.1. The van der Waals surface area contributed by atoms with Crippen LogP contribution in [0.1, 0.15) is 25.3 Å². The monoisotopic (exact) mass is 353 g/mol. The van der Waals surface area contributed by atoms with Gasteiger partial charge in [-0.1, -0.05) is 48.0 Å². The summed E-state index contributed by atoms with van der Waals surface area (Å²) in [5, 5.41) is 0. The zero-order chi connectivity index (χ0) is 14.8. The molecule has 20 heavy (non-hydrogen) atoms. The first-order chi connectivity index (χ1) is 9.38. The predicted octanol–water partition coefficient (Wildman–Crippen LogP) is 4.37. The lowest BCUT2D eigenvalue weighted by Gasteiger charge is -2.11. The van der Waals surface area contributed by atoms with E-state index >= 15 is 0 Å². The smallest absolute Gasteiger partial charge is 0.261 e. The van der Waals surface area contributed by atoms with E-state index in [2.05, 4.69) is 34.5 Å². The third-order valence-corrected chi connectivity index (χ3v) is 4.78. The van der Waals surface area contributed by atoms with Crippen molar-refractivity contribution in [3.8, 4) is 0 Å². The minimum Gasteiger partial charge on any atom is -0.280 e. The van der Waals surface area contributed by atoms with E-state index in [1.807, 2.05) is 18.2 Å². The van der Waals surface area contributed by atoms with Crippen molar-refractivity contribution in [3.05, 3.63) is 58.6 Å². The molecule has 2 aromatic rings. The van der Waals surface area contributed by atoms with Crippen molar-refractivity contribution >= 4 is 31.6 Å². The molecule has 0 bridgehead atoms. The first-order valence-corrected chi connectivity index (χ1v) is 8.54. The van der Waals surface area contributed by atoms with Crippen LogP contribution < -0.4 is 4.72 Å². The van der Waals surface area contributed by atoms with Crippen LogP contribution in [0.4, 0.5) is 5.69 Å². The number of rotatable bonds is 4. The van der Waals surface area contributed by atoms with E-state index in [1.165, 1.54) is 0 Å². The van der Waals surface area contributed by atoms with E-state index in [4.69, 9.17) is 0 Å². The van der Waals surface area contributed by atoms with Crippen LogP contribution >= 0.6 is 15.9 Å². The third kappa shape index (κ3) is 3.61. The van der Waals surface area contributed by atoms with Gasteiger partial charge in [0.1, 0.15) is 0 Å². The Bertz CT molecular complexity index is 711. The van der Waals surface area contributed by atoms with Crippen LogP contribution in [-0.2, 0) is 10.0 Å². The largest absolute Gasteiger partial charge is 0.280 e. The summed E-state index contributed by atoms with van der Waals surface area (Å²) in [7, 11) is -3.56. The van der Waals surface area contributed by atoms with Gasteiger partial charge in [0.2, 0.25) is 0 Å². The highest BCUT2D eigenvalue weighted by atomic mass is 79.9. The van der Waals surface area contributed by atoms with Crippen molar-refractivity contribution in [2.75, 3.05) is 4.72 Å². The zero-order valence-corrected chi connectivity index (χ0v) is 13.7. The molecule has 2 aromatic carbocycles. The molecule has 3 nitrogen and oxygen atoms in total. The van der Waals surface area contributed by atoms with Crippen LogP contribution in [-0.4, -0.2) is 8.42 Å². The van der Waals surface area contributed by atoms with Gasteiger partial charge in [0.05, 0.1) is 4.90 Å². The molecule has 0 heterocycles. The van der Waals surface area contributed by atoms with Gasteiger partial charge in [0, 0.05) is 10.2 Å². The minimum atomic E-state index is -3.56. The molecule has 1 N–H and O–H groups in total. The molecule has 0 unspecified atom stereocenters. The molecule has 0 aliphatic heterocycles. The summed E-state index contributed by atoms with van der Waals surface area (Å²) in [4.78, 5) is 0.238. The van der Waals surface area contributed by atoms with E-state index in [-0.39, 0.29) is 4.90 Å². The van der Waals surface area contributed by atoms with Crippen molar-refractivity contribution in [1.29, 1.82) is 0 Å². The van der Waals surface area contributed by atoms with Crippen molar-refractivity contribution in [1.82, 2.24) is 0 Å². The molecule has 0 saturated heterocycles. The van der Waals surface area contributed by atoms with Gasteiger partial charge in [-0.05, 0) is 41.8 Å². The van der Waals surface area contributed by atoms with Gasteiger partial charge in [-0.3, -0.25) is 4.72 Å². The average molecular weight is 354 g/mol. The summed E-state index contributed by atoms with van der Waals surface area (Å²) < 4.78 is 27.9. The molecule has 0 saturated carbocycles. The Morgan fingerprint density at radius 2 is 1.75 bits per heavy atom. The van der Waals surface area contributed by atoms with E-state index in [0.717, 1.165) is 10.0 Å². The summed E-state index contributed by atoms with van der Waals surface area (Å²) in [5.41, 5.74) is 1.68. The van der Waals surface area contributed by atoms with Gasteiger partial charge in [-0.2, -0.15) is 0 Å². The van der Waals surface area contributed by atoms with E-state index < -0.39 is 10.0 Å². The van der Waals surface area contributed by atoms with E-state index in [1.54, 1.807) is 30.3 Å².